The molecule has 4 heteroatoms. The molecule has 0 saturated carbocycles. The summed E-state index contributed by atoms with van der Waals surface area (Å²) in [4.78, 5) is 0. The van der Waals surface area contributed by atoms with E-state index in [-0.39, 0.29) is 0 Å². The van der Waals surface area contributed by atoms with E-state index in [0.717, 1.165) is 22.3 Å². The van der Waals surface area contributed by atoms with Crippen LogP contribution in [0.1, 0.15) is 11.1 Å². The lowest BCUT2D eigenvalue weighted by atomic mass is 10.1. The highest BCUT2D eigenvalue weighted by atomic mass is 79.9. The number of halogens is 1. The molecule has 1 N–H and O–H groups in total. The van der Waals surface area contributed by atoms with Gasteiger partial charge in [0.05, 0.1) is 12.2 Å². The van der Waals surface area contributed by atoms with Crippen LogP contribution >= 0.6 is 15.9 Å². The van der Waals surface area contributed by atoms with Crippen LogP contribution in [0.5, 0.6) is 0 Å². The van der Waals surface area contributed by atoms with Crippen LogP contribution < -0.4 is 5.32 Å². The minimum absolute atomic E-state index is 0.628. The van der Waals surface area contributed by atoms with E-state index in [1.165, 1.54) is 5.56 Å². The third-order valence-corrected chi connectivity index (χ3v) is 3.62. The van der Waals surface area contributed by atoms with Gasteiger partial charge in [-0.1, -0.05) is 18.2 Å². The molecule has 0 saturated heterocycles. The summed E-state index contributed by atoms with van der Waals surface area (Å²) < 4.78 is 5.92. The molecule has 0 radical (unpaired) electrons. The molecule has 0 aliphatic heterocycles. The number of nitriles is 1. The van der Waals surface area contributed by atoms with Gasteiger partial charge in [0.2, 0.25) is 0 Å². The van der Waals surface area contributed by atoms with Gasteiger partial charge in [-0.2, -0.15) is 5.26 Å². The first-order valence-corrected chi connectivity index (χ1v) is 7.07. The van der Waals surface area contributed by atoms with Gasteiger partial charge in [-0.3, -0.25) is 0 Å². The zero-order valence-electron chi connectivity index (χ0n) is 11.2. The first-order chi connectivity index (χ1) is 9.74. The van der Waals surface area contributed by atoms with Crippen molar-refractivity contribution < 1.29 is 4.74 Å². The molecule has 2 aromatic rings. The zero-order chi connectivity index (χ0) is 14.4. The lowest BCUT2D eigenvalue weighted by Gasteiger charge is -2.12. The largest absolute Gasteiger partial charge is 0.384 e. The monoisotopic (exact) mass is 330 g/mol. The molecule has 0 aromatic heterocycles. The first-order valence-electron chi connectivity index (χ1n) is 6.28. The Morgan fingerprint density at radius 1 is 1.25 bits per heavy atom. The van der Waals surface area contributed by atoms with Gasteiger partial charge >= 0.3 is 0 Å². The van der Waals surface area contributed by atoms with Crippen LogP contribution in [0.2, 0.25) is 0 Å². The van der Waals surface area contributed by atoms with Crippen molar-refractivity contribution in [3.05, 3.63) is 58.1 Å². The maximum atomic E-state index is 8.93. The molecule has 0 fully saturated rings. The van der Waals surface area contributed by atoms with Crippen molar-refractivity contribution in [1.29, 1.82) is 5.26 Å². The number of ether oxygens (including phenoxy) is 1. The van der Waals surface area contributed by atoms with E-state index in [9.17, 15) is 0 Å². The summed E-state index contributed by atoms with van der Waals surface area (Å²) in [5.41, 5.74) is 3.83. The molecule has 0 spiro atoms. The van der Waals surface area contributed by atoms with Gasteiger partial charge < -0.3 is 10.1 Å². The van der Waals surface area contributed by atoms with E-state index in [2.05, 4.69) is 33.4 Å². The number of methoxy groups -OCH3 is 1. The summed E-state index contributed by atoms with van der Waals surface area (Å²) in [5.74, 6) is 0. The van der Waals surface area contributed by atoms with Crippen LogP contribution in [-0.2, 0) is 11.2 Å². The summed E-state index contributed by atoms with van der Waals surface area (Å²) in [6.07, 6.45) is 0.858. The molecule has 0 unspecified atom stereocenters. The Bertz CT molecular complexity index is 635. The fourth-order valence-electron chi connectivity index (χ4n) is 1.91. The van der Waals surface area contributed by atoms with Gasteiger partial charge in [0.25, 0.3) is 0 Å². The van der Waals surface area contributed by atoms with Gasteiger partial charge in [-0.05, 0) is 52.2 Å². The lowest BCUT2D eigenvalue weighted by molar-refractivity contribution is 0.202. The third-order valence-electron chi connectivity index (χ3n) is 2.96. The molecule has 3 nitrogen and oxygen atoms in total. The van der Waals surface area contributed by atoms with Gasteiger partial charge in [-0.15, -0.1) is 0 Å². The van der Waals surface area contributed by atoms with Crippen LogP contribution in [0, 0.1) is 11.3 Å². The summed E-state index contributed by atoms with van der Waals surface area (Å²) >= 11 is 3.40. The molecular weight excluding hydrogens is 316 g/mol. The van der Waals surface area contributed by atoms with Crippen LogP contribution in [0.3, 0.4) is 0 Å². The minimum Gasteiger partial charge on any atom is -0.384 e. The Morgan fingerprint density at radius 3 is 2.75 bits per heavy atom. The van der Waals surface area contributed by atoms with E-state index < -0.39 is 0 Å². The van der Waals surface area contributed by atoms with Crippen molar-refractivity contribution in [3.8, 4) is 6.07 Å². The SMILES string of the molecule is COCCc1ccccc1Nc1ccc(C#N)c(Br)c1. The first kappa shape index (κ1) is 14.6. The molecule has 2 rings (SSSR count). The van der Waals surface area contributed by atoms with E-state index in [0.29, 0.717) is 12.2 Å². The highest BCUT2D eigenvalue weighted by Crippen LogP contribution is 2.25. The van der Waals surface area contributed by atoms with E-state index in [1.807, 2.05) is 30.3 Å². The maximum Gasteiger partial charge on any atom is 0.100 e. The quantitative estimate of drug-likeness (QED) is 0.891. The summed E-state index contributed by atoms with van der Waals surface area (Å²) in [5, 5.41) is 12.3. The number of nitrogens with one attached hydrogen (secondary N) is 1. The van der Waals surface area contributed by atoms with Crippen LogP contribution in [0.15, 0.2) is 46.9 Å². The van der Waals surface area contributed by atoms with Crippen LogP contribution in [0.25, 0.3) is 0 Å². The van der Waals surface area contributed by atoms with Crippen molar-refractivity contribution in [2.45, 2.75) is 6.42 Å². The number of para-hydroxylation sites is 1. The Morgan fingerprint density at radius 2 is 2.05 bits per heavy atom. The molecule has 0 amide bonds. The lowest BCUT2D eigenvalue weighted by Crippen LogP contribution is -2.00. The second-order valence-electron chi connectivity index (χ2n) is 4.33. The number of benzene rings is 2. The Labute approximate surface area is 127 Å². The van der Waals surface area contributed by atoms with Gasteiger partial charge in [0.15, 0.2) is 0 Å². The number of nitrogens with zero attached hydrogens (tertiary/aromatic N) is 1. The minimum atomic E-state index is 0.628. The van der Waals surface area contributed by atoms with Crippen LogP contribution in [-0.4, -0.2) is 13.7 Å². The van der Waals surface area contributed by atoms with E-state index in [4.69, 9.17) is 10.00 Å². The van der Waals surface area contributed by atoms with Gasteiger partial charge in [-0.25, -0.2) is 0 Å². The number of hydrogen-bond donors (Lipinski definition) is 1. The Kier molecular flexibility index (Phi) is 5.16. The average Bonchev–Trinajstić information content (AvgIpc) is 2.46. The molecule has 2 aromatic carbocycles. The standard InChI is InChI=1S/C16H15BrN2O/c1-20-9-8-12-4-2-3-5-16(12)19-14-7-6-13(11-18)15(17)10-14/h2-7,10,19H,8-9H2,1H3. The third kappa shape index (κ3) is 3.60. The molecule has 0 heterocycles. The summed E-state index contributed by atoms with van der Waals surface area (Å²) in [7, 11) is 1.70. The second kappa shape index (κ2) is 7.09. The maximum absolute atomic E-state index is 8.93. The predicted molar refractivity (Wildman–Crippen MR) is 84.2 cm³/mol. The predicted octanol–water partition coefficient (Wildman–Crippen LogP) is 4.25. The molecule has 20 heavy (non-hydrogen) atoms. The van der Waals surface area contributed by atoms with Gasteiger partial charge in [0.1, 0.15) is 6.07 Å². The van der Waals surface area contributed by atoms with Crippen molar-refractivity contribution in [3.63, 3.8) is 0 Å². The number of anilines is 2. The summed E-state index contributed by atoms with van der Waals surface area (Å²) in [6.45, 7) is 0.690. The van der Waals surface area contributed by atoms with Crippen molar-refractivity contribution >= 4 is 27.3 Å². The summed E-state index contributed by atoms with van der Waals surface area (Å²) in [6, 6.07) is 15.9. The number of hydrogen-bond acceptors (Lipinski definition) is 3. The van der Waals surface area contributed by atoms with Crippen molar-refractivity contribution in [1.82, 2.24) is 0 Å². The highest BCUT2D eigenvalue weighted by Gasteiger charge is 2.04. The molecule has 0 atom stereocenters. The van der Waals surface area contributed by atoms with Crippen molar-refractivity contribution in [2.24, 2.45) is 0 Å². The molecule has 0 aliphatic rings. The average molecular weight is 331 g/mol. The smallest absolute Gasteiger partial charge is 0.100 e. The number of rotatable bonds is 5. The van der Waals surface area contributed by atoms with Crippen LogP contribution in [0.4, 0.5) is 11.4 Å². The van der Waals surface area contributed by atoms with E-state index in [1.54, 1.807) is 13.2 Å². The highest BCUT2D eigenvalue weighted by molar-refractivity contribution is 9.10. The normalized spacial score (nSPS) is 10.1. The van der Waals surface area contributed by atoms with Crippen molar-refractivity contribution in [2.75, 3.05) is 19.0 Å². The second-order valence-corrected chi connectivity index (χ2v) is 5.19. The zero-order valence-corrected chi connectivity index (χ0v) is 12.8. The topological polar surface area (TPSA) is 45.0 Å². The van der Waals surface area contributed by atoms with Gasteiger partial charge in [0, 0.05) is 23.0 Å². The Hall–Kier alpha value is -1.83. The molecule has 0 bridgehead atoms. The Balaban J connectivity index is 2.22. The fraction of sp³-hybridized carbons (Fsp3) is 0.188. The van der Waals surface area contributed by atoms with E-state index >= 15 is 0 Å². The molecule has 102 valence electrons. The fourth-order valence-corrected chi connectivity index (χ4v) is 2.38. The molecule has 0 aliphatic carbocycles. The molecular formula is C16H15BrN2O.